The van der Waals surface area contributed by atoms with Crippen molar-refractivity contribution in [1.82, 2.24) is 15.0 Å². The lowest BCUT2D eigenvalue weighted by Gasteiger charge is -2.26. The Morgan fingerprint density at radius 2 is 2.11 bits per heavy atom. The molecule has 1 aromatic carbocycles. The number of rotatable bonds is 3. The van der Waals surface area contributed by atoms with E-state index in [1.807, 2.05) is 35.9 Å². The summed E-state index contributed by atoms with van der Waals surface area (Å²) in [5.41, 5.74) is 3.62. The van der Waals surface area contributed by atoms with Gasteiger partial charge in [0, 0.05) is 5.92 Å². The van der Waals surface area contributed by atoms with Gasteiger partial charge >= 0.3 is 0 Å². The van der Waals surface area contributed by atoms with Gasteiger partial charge in [-0.05, 0) is 31.4 Å². The van der Waals surface area contributed by atoms with Crippen LogP contribution in [0.25, 0.3) is 5.69 Å². The molecular weight excluding hydrogens is 226 g/mol. The van der Waals surface area contributed by atoms with E-state index in [0.717, 1.165) is 36.1 Å². The first-order valence-corrected chi connectivity index (χ1v) is 6.28. The van der Waals surface area contributed by atoms with E-state index < -0.39 is 0 Å². The third kappa shape index (κ3) is 1.65. The summed E-state index contributed by atoms with van der Waals surface area (Å²) >= 11 is 0. The zero-order valence-electron chi connectivity index (χ0n) is 10.3. The van der Waals surface area contributed by atoms with E-state index in [-0.39, 0.29) is 0 Å². The number of carbonyl (C=O) groups excluding carboxylic acids is 1. The Balaban J connectivity index is 2.14. The van der Waals surface area contributed by atoms with Crippen molar-refractivity contribution in [3.05, 3.63) is 41.2 Å². The number of carbonyl (C=O) groups is 1. The standard InChI is InChI=1S/C14H15N3O/c1-10-5-2-3-8-13(10)17-14(11-6-4-7-11)12(9-18)15-16-17/h2-3,5,8-9,11H,4,6-7H2,1H3. The summed E-state index contributed by atoms with van der Waals surface area (Å²) in [7, 11) is 0. The molecule has 0 N–H and O–H groups in total. The molecule has 0 spiro atoms. The Labute approximate surface area is 106 Å². The number of aldehydes is 1. The first-order chi connectivity index (χ1) is 8.81. The van der Waals surface area contributed by atoms with Crippen molar-refractivity contribution >= 4 is 6.29 Å². The van der Waals surface area contributed by atoms with Gasteiger partial charge in [-0.3, -0.25) is 4.79 Å². The van der Waals surface area contributed by atoms with Crippen LogP contribution in [0.3, 0.4) is 0 Å². The Morgan fingerprint density at radius 3 is 2.72 bits per heavy atom. The van der Waals surface area contributed by atoms with Crippen molar-refractivity contribution < 1.29 is 4.79 Å². The summed E-state index contributed by atoms with van der Waals surface area (Å²) in [6.07, 6.45) is 4.29. The lowest BCUT2D eigenvalue weighted by Crippen LogP contribution is -2.16. The van der Waals surface area contributed by atoms with E-state index >= 15 is 0 Å². The fourth-order valence-electron chi connectivity index (χ4n) is 2.43. The molecular formula is C14H15N3O. The van der Waals surface area contributed by atoms with Gasteiger partial charge in [-0.15, -0.1) is 5.10 Å². The second-order valence-electron chi connectivity index (χ2n) is 4.80. The van der Waals surface area contributed by atoms with E-state index in [9.17, 15) is 4.79 Å². The normalized spacial score (nSPS) is 15.4. The molecule has 0 saturated heterocycles. The maximum absolute atomic E-state index is 11.1. The predicted octanol–water partition coefficient (Wildman–Crippen LogP) is 2.66. The Bertz CT molecular complexity index is 584. The van der Waals surface area contributed by atoms with Crippen LogP contribution in [-0.2, 0) is 0 Å². The quantitative estimate of drug-likeness (QED) is 0.776. The topological polar surface area (TPSA) is 47.8 Å². The smallest absolute Gasteiger partial charge is 0.172 e. The predicted molar refractivity (Wildman–Crippen MR) is 68.1 cm³/mol. The molecule has 0 atom stereocenters. The molecule has 1 aliphatic rings. The van der Waals surface area contributed by atoms with Gasteiger partial charge in [-0.25, -0.2) is 4.68 Å². The van der Waals surface area contributed by atoms with Gasteiger partial charge < -0.3 is 0 Å². The van der Waals surface area contributed by atoms with E-state index in [1.54, 1.807) is 0 Å². The number of para-hydroxylation sites is 1. The maximum atomic E-state index is 11.1. The minimum atomic E-state index is 0.430. The molecule has 92 valence electrons. The lowest BCUT2D eigenvalue weighted by atomic mass is 9.82. The summed E-state index contributed by atoms with van der Waals surface area (Å²) in [4.78, 5) is 11.1. The molecule has 0 radical (unpaired) electrons. The molecule has 1 aromatic heterocycles. The summed E-state index contributed by atoms with van der Waals surface area (Å²) in [6, 6.07) is 8.04. The summed E-state index contributed by atoms with van der Waals surface area (Å²) < 4.78 is 1.84. The molecule has 1 saturated carbocycles. The third-order valence-electron chi connectivity index (χ3n) is 3.68. The van der Waals surface area contributed by atoms with Gasteiger partial charge in [0.1, 0.15) is 5.69 Å². The van der Waals surface area contributed by atoms with Gasteiger partial charge in [-0.2, -0.15) is 0 Å². The Kier molecular flexibility index (Phi) is 2.70. The lowest BCUT2D eigenvalue weighted by molar-refractivity contribution is 0.111. The number of aromatic nitrogens is 3. The van der Waals surface area contributed by atoms with Crippen molar-refractivity contribution in [2.45, 2.75) is 32.1 Å². The van der Waals surface area contributed by atoms with Crippen LogP contribution in [0.2, 0.25) is 0 Å². The van der Waals surface area contributed by atoms with Crippen LogP contribution in [0.4, 0.5) is 0 Å². The highest BCUT2D eigenvalue weighted by molar-refractivity contribution is 5.74. The van der Waals surface area contributed by atoms with Crippen molar-refractivity contribution in [2.75, 3.05) is 0 Å². The minimum absolute atomic E-state index is 0.430. The molecule has 1 fully saturated rings. The molecule has 0 aliphatic heterocycles. The SMILES string of the molecule is Cc1ccccc1-n1nnc(C=O)c1C1CCC1. The van der Waals surface area contributed by atoms with Crippen LogP contribution in [0.1, 0.15) is 46.9 Å². The number of hydrogen-bond acceptors (Lipinski definition) is 3. The zero-order chi connectivity index (χ0) is 12.5. The van der Waals surface area contributed by atoms with E-state index in [1.165, 1.54) is 6.42 Å². The molecule has 0 unspecified atom stereocenters. The highest BCUT2D eigenvalue weighted by Crippen LogP contribution is 2.38. The van der Waals surface area contributed by atoms with Crippen molar-refractivity contribution in [3.8, 4) is 5.69 Å². The molecule has 4 heteroatoms. The van der Waals surface area contributed by atoms with Crippen molar-refractivity contribution in [3.63, 3.8) is 0 Å². The second-order valence-corrected chi connectivity index (χ2v) is 4.80. The Morgan fingerprint density at radius 1 is 1.33 bits per heavy atom. The zero-order valence-corrected chi connectivity index (χ0v) is 10.3. The molecule has 1 heterocycles. The van der Waals surface area contributed by atoms with Gasteiger partial charge in [0.15, 0.2) is 6.29 Å². The van der Waals surface area contributed by atoms with Crippen LogP contribution in [0, 0.1) is 6.92 Å². The van der Waals surface area contributed by atoms with Crippen molar-refractivity contribution in [1.29, 1.82) is 0 Å². The van der Waals surface area contributed by atoms with Crippen LogP contribution in [0.5, 0.6) is 0 Å². The molecule has 4 nitrogen and oxygen atoms in total. The summed E-state index contributed by atoms with van der Waals surface area (Å²) in [5.74, 6) is 0.430. The van der Waals surface area contributed by atoms with Gasteiger partial charge in [-0.1, -0.05) is 29.8 Å². The highest BCUT2D eigenvalue weighted by Gasteiger charge is 2.28. The van der Waals surface area contributed by atoms with Crippen LogP contribution in [-0.4, -0.2) is 21.3 Å². The average Bonchev–Trinajstić information content (AvgIpc) is 2.71. The molecule has 18 heavy (non-hydrogen) atoms. The Hall–Kier alpha value is -1.97. The first kappa shape index (κ1) is 11.1. The second kappa shape index (κ2) is 4.37. The average molecular weight is 241 g/mol. The largest absolute Gasteiger partial charge is 0.296 e. The fourth-order valence-corrected chi connectivity index (χ4v) is 2.43. The van der Waals surface area contributed by atoms with E-state index in [2.05, 4.69) is 10.3 Å². The third-order valence-corrected chi connectivity index (χ3v) is 3.68. The van der Waals surface area contributed by atoms with E-state index in [4.69, 9.17) is 0 Å². The van der Waals surface area contributed by atoms with Crippen LogP contribution in [0.15, 0.2) is 24.3 Å². The number of hydrogen-bond donors (Lipinski definition) is 0. The van der Waals surface area contributed by atoms with Gasteiger partial charge in [0.25, 0.3) is 0 Å². The number of nitrogens with zero attached hydrogens (tertiary/aromatic N) is 3. The minimum Gasteiger partial charge on any atom is -0.296 e. The first-order valence-electron chi connectivity index (χ1n) is 6.28. The van der Waals surface area contributed by atoms with E-state index in [0.29, 0.717) is 11.6 Å². The molecule has 0 bridgehead atoms. The van der Waals surface area contributed by atoms with Crippen LogP contribution >= 0.6 is 0 Å². The molecule has 2 aromatic rings. The highest BCUT2D eigenvalue weighted by atomic mass is 16.1. The number of aryl methyl sites for hydroxylation is 1. The van der Waals surface area contributed by atoms with Gasteiger partial charge in [0.05, 0.1) is 11.4 Å². The van der Waals surface area contributed by atoms with Crippen LogP contribution < -0.4 is 0 Å². The maximum Gasteiger partial charge on any atom is 0.172 e. The number of benzene rings is 1. The fraction of sp³-hybridized carbons (Fsp3) is 0.357. The summed E-state index contributed by atoms with van der Waals surface area (Å²) in [6.45, 7) is 2.04. The summed E-state index contributed by atoms with van der Waals surface area (Å²) in [5, 5.41) is 8.16. The molecule has 0 amide bonds. The molecule has 3 rings (SSSR count). The van der Waals surface area contributed by atoms with Crippen molar-refractivity contribution in [2.24, 2.45) is 0 Å². The molecule has 1 aliphatic carbocycles. The van der Waals surface area contributed by atoms with Gasteiger partial charge in [0.2, 0.25) is 0 Å². The monoisotopic (exact) mass is 241 g/mol.